The molecule has 3 rings (SSSR count). The number of hydrogen-bond acceptors (Lipinski definition) is 5. The first kappa shape index (κ1) is 20.1. The van der Waals surface area contributed by atoms with E-state index in [1.807, 2.05) is 0 Å². The number of halogens is 1. The normalized spacial score (nSPS) is 10.4. The molecule has 0 fully saturated rings. The Morgan fingerprint density at radius 2 is 1.93 bits per heavy atom. The Labute approximate surface area is 170 Å². The van der Waals surface area contributed by atoms with Gasteiger partial charge in [0.05, 0.1) is 10.7 Å². The van der Waals surface area contributed by atoms with E-state index in [1.54, 1.807) is 49.4 Å². The second kappa shape index (κ2) is 8.57. The summed E-state index contributed by atoms with van der Waals surface area (Å²) in [4.78, 5) is 35.8. The monoisotopic (exact) mass is 412 g/mol. The van der Waals surface area contributed by atoms with E-state index in [2.05, 4.69) is 10.4 Å². The number of nitrogens with zero attached hydrogens (tertiary/aromatic N) is 2. The fourth-order valence-electron chi connectivity index (χ4n) is 2.58. The van der Waals surface area contributed by atoms with Crippen LogP contribution >= 0.6 is 11.6 Å². The molecule has 0 aliphatic heterocycles. The van der Waals surface area contributed by atoms with Crippen LogP contribution in [0.25, 0.3) is 5.69 Å². The lowest BCUT2D eigenvalue weighted by Gasteiger charge is -2.13. The summed E-state index contributed by atoms with van der Waals surface area (Å²) in [5.74, 6) is -0.974. The molecular weight excluding hydrogens is 396 g/mol. The maximum atomic E-state index is 12.7. The lowest BCUT2D eigenvalue weighted by Crippen LogP contribution is -2.27. The Bertz CT molecular complexity index is 1140. The Morgan fingerprint density at radius 1 is 1.17 bits per heavy atom. The van der Waals surface area contributed by atoms with Crippen molar-refractivity contribution in [1.82, 2.24) is 9.78 Å². The molecule has 0 aliphatic carbocycles. The first-order valence-electron chi connectivity index (χ1n) is 8.53. The minimum atomic E-state index is -0.692. The van der Waals surface area contributed by atoms with Crippen molar-refractivity contribution >= 4 is 29.1 Å². The van der Waals surface area contributed by atoms with Gasteiger partial charge >= 0.3 is 0 Å². The number of amides is 2. The molecule has 0 saturated carbocycles. The van der Waals surface area contributed by atoms with Crippen LogP contribution in [0, 0.1) is 6.92 Å². The zero-order valence-corrected chi connectivity index (χ0v) is 16.1. The van der Waals surface area contributed by atoms with E-state index in [0.717, 1.165) is 0 Å². The van der Waals surface area contributed by atoms with Gasteiger partial charge in [-0.1, -0.05) is 29.8 Å². The third-order valence-electron chi connectivity index (χ3n) is 3.88. The van der Waals surface area contributed by atoms with E-state index in [4.69, 9.17) is 22.1 Å². The van der Waals surface area contributed by atoms with E-state index < -0.39 is 17.2 Å². The van der Waals surface area contributed by atoms with Crippen molar-refractivity contribution in [1.29, 1.82) is 0 Å². The molecule has 1 heterocycles. The van der Waals surface area contributed by atoms with Gasteiger partial charge in [-0.05, 0) is 31.2 Å². The summed E-state index contributed by atoms with van der Waals surface area (Å²) in [7, 11) is 0. The summed E-state index contributed by atoms with van der Waals surface area (Å²) in [6.45, 7) is 1.40. The second-order valence-electron chi connectivity index (χ2n) is 6.10. The molecule has 0 unspecified atom stereocenters. The van der Waals surface area contributed by atoms with Crippen LogP contribution in [0.15, 0.2) is 59.4 Å². The van der Waals surface area contributed by atoms with Crippen LogP contribution in [0.5, 0.6) is 5.75 Å². The average molecular weight is 413 g/mol. The van der Waals surface area contributed by atoms with Gasteiger partial charge in [-0.25, -0.2) is 4.68 Å². The number of anilines is 1. The van der Waals surface area contributed by atoms with Crippen LogP contribution in [-0.4, -0.2) is 28.2 Å². The SMILES string of the molecule is Cc1cc(=O)c(C(=O)Nc2cccc(OCC(N)=O)c2)nn1-c1ccccc1Cl. The first-order chi connectivity index (χ1) is 13.8. The highest BCUT2D eigenvalue weighted by Gasteiger charge is 2.17. The summed E-state index contributed by atoms with van der Waals surface area (Å²) >= 11 is 6.22. The van der Waals surface area contributed by atoms with E-state index in [-0.39, 0.29) is 12.3 Å². The van der Waals surface area contributed by atoms with E-state index >= 15 is 0 Å². The van der Waals surface area contributed by atoms with Gasteiger partial charge in [0, 0.05) is 23.5 Å². The lowest BCUT2D eigenvalue weighted by molar-refractivity contribution is -0.119. The van der Waals surface area contributed by atoms with Gasteiger partial charge in [-0.3, -0.25) is 14.4 Å². The molecule has 8 nitrogen and oxygen atoms in total. The van der Waals surface area contributed by atoms with Crippen LogP contribution in [0.1, 0.15) is 16.2 Å². The van der Waals surface area contributed by atoms with Crippen molar-refractivity contribution in [2.45, 2.75) is 6.92 Å². The van der Waals surface area contributed by atoms with Gasteiger partial charge in [-0.15, -0.1) is 0 Å². The molecule has 29 heavy (non-hydrogen) atoms. The van der Waals surface area contributed by atoms with E-state index in [9.17, 15) is 14.4 Å². The van der Waals surface area contributed by atoms with Crippen LogP contribution in [0.4, 0.5) is 5.69 Å². The number of carbonyl (C=O) groups excluding carboxylic acids is 2. The largest absolute Gasteiger partial charge is 0.484 e. The lowest BCUT2D eigenvalue weighted by atomic mass is 10.2. The maximum Gasteiger partial charge on any atom is 0.280 e. The topological polar surface area (TPSA) is 116 Å². The maximum absolute atomic E-state index is 12.7. The van der Waals surface area contributed by atoms with Crippen LogP contribution in [0.3, 0.4) is 0 Å². The summed E-state index contributed by atoms with van der Waals surface area (Å²) in [6.07, 6.45) is 0. The van der Waals surface area contributed by atoms with Gasteiger partial charge in [0.25, 0.3) is 11.8 Å². The van der Waals surface area contributed by atoms with Gasteiger partial charge in [0.2, 0.25) is 5.43 Å². The third kappa shape index (κ3) is 4.80. The number of nitrogens with one attached hydrogen (secondary N) is 1. The van der Waals surface area contributed by atoms with Crippen LogP contribution in [-0.2, 0) is 4.79 Å². The molecule has 0 saturated heterocycles. The molecule has 0 radical (unpaired) electrons. The summed E-state index contributed by atoms with van der Waals surface area (Å²) in [6, 6.07) is 14.6. The quantitative estimate of drug-likeness (QED) is 0.644. The van der Waals surface area contributed by atoms with Crippen LogP contribution < -0.4 is 21.2 Å². The number of carbonyl (C=O) groups is 2. The van der Waals surface area contributed by atoms with Crippen molar-refractivity contribution in [3.63, 3.8) is 0 Å². The summed E-state index contributed by atoms with van der Waals surface area (Å²) < 4.78 is 6.64. The number of benzene rings is 2. The molecule has 3 N–H and O–H groups in total. The Balaban J connectivity index is 1.89. The van der Waals surface area contributed by atoms with E-state index in [1.165, 1.54) is 16.8 Å². The Kier molecular flexibility index (Phi) is 5.94. The molecule has 0 aliphatic rings. The molecule has 2 amide bonds. The fourth-order valence-corrected chi connectivity index (χ4v) is 2.80. The van der Waals surface area contributed by atoms with Crippen molar-refractivity contribution in [3.05, 3.63) is 81.2 Å². The predicted octanol–water partition coefficient (Wildman–Crippen LogP) is 2.31. The predicted molar refractivity (Wildman–Crippen MR) is 109 cm³/mol. The van der Waals surface area contributed by atoms with Crippen molar-refractivity contribution in [2.24, 2.45) is 5.73 Å². The third-order valence-corrected chi connectivity index (χ3v) is 4.20. The molecular formula is C20H17ClN4O4. The smallest absolute Gasteiger partial charge is 0.280 e. The number of aryl methyl sites for hydroxylation is 1. The molecule has 0 atom stereocenters. The Hall–Kier alpha value is -3.65. The molecule has 148 valence electrons. The fraction of sp³-hybridized carbons (Fsp3) is 0.100. The molecule has 1 aromatic heterocycles. The Morgan fingerprint density at radius 3 is 2.66 bits per heavy atom. The van der Waals surface area contributed by atoms with Gasteiger partial charge in [-0.2, -0.15) is 5.10 Å². The number of hydrogen-bond donors (Lipinski definition) is 2. The average Bonchev–Trinajstić information content (AvgIpc) is 2.67. The second-order valence-corrected chi connectivity index (χ2v) is 6.51. The number of primary amides is 1. The van der Waals surface area contributed by atoms with Gasteiger partial charge in [0.1, 0.15) is 5.75 Å². The highest BCUT2D eigenvalue weighted by molar-refractivity contribution is 6.32. The molecule has 2 aromatic carbocycles. The number of nitrogens with two attached hydrogens (primary N) is 1. The minimum Gasteiger partial charge on any atom is -0.484 e. The molecule has 9 heteroatoms. The van der Waals surface area contributed by atoms with Gasteiger partial charge < -0.3 is 15.8 Å². The van der Waals surface area contributed by atoms with Crippen molar-refractivity contribution < 1.29 is 14.3 Å². The molecule has 3 aromatic rings. The minimum absolute atomic E-state index is 0.292. The number of rotatable bonds is 6. The zero-order chi connectivity index (χ0) is 21.0. The van der Waals surface area contributed by atoms with Gasteiger partial charge in [0.15, 0.2) is 12.3 Å². The highest BCUT2D eigenvalue weighted by atomic mass is 35.5. The standard InChI is InChI=1S/C20H17ClN4O4/c1-12-9-17(26)19(24-25(12)16-8-3-2-7-15(16)21)20(28)23-13-5-4-6-14(10-13)29-11-18(22)27/h2-10H,11H2,1H3,(H2,22,27)(H,23,28). The summed E-state index contributed by atoms with van der Waals surface area (Å²) in [5.41, 5.74) is 5.67. The zero-order valence-electron chi connectivity index (χ0n) is 15.4. The van der Waals surface area contributed by atoms with E-state index in [0.29, 0.717) is 27.8 Å². The molecule has 0 bridgehead atoms. The highest BCUT2D eigenvalue weighted by Crippen LogP contribution is 2.20. The van der Waals surface area contributed by atoms with Crippen LogP contribution in [0.2, 0.25) is 5.02 Å². The first-order valence-corrected chi connectivity index (χ1v) is 8.91. The van der Waals surface area contributed by atoms with Crippen molar-refractivity contribution in [2.75, 3.05) is 11.9 Å². The number of para-hydroxylation sites is 1. The number of ether oxygens (including phenoxy) is 1. The van der Waals surface area contributed by atoms with Crippen molar-refractivity contribution in [3.8, 4) is 11.4 Å². The molecule has 0 spiro atoms. The summed E-state index contributed by atoms with van der Waals surface area (Å²) in [5, 5.41) is 7.22. The number of aromatic nitrogens is 2.